The SMILES string of the molecule is CC(O)c1cc2cc(N(Cc3ccccc3)Cc3ccccc3)ncc2[nH]1. The standard InChI is InChI=1S/C23H23N3O/c1-17(27)21-12-20-13-23(24-14-22(20)25-21)26(15-18-8-4-2-5-9-18)16-19-10-6-3-7-11-19/h2-14,17,25,27H,15-16H2,1H3. The van der Waals surface area contributed by atoms with Gasteiger partial charge in [-0.15, -0.1) is 0 Å². The zero-order valence-corrected chi connectivity index (χ0v) is 15.3. The Kier molecular flexibility index (Phi) is 4.90. The first-order valence-corrected chi connectivity index (χ1v) is 9.18. The van der Waals surface area contributed by atoms with Crippen LogP contribution in [-0.2, 0) is 13.1 Å². The van der Waals surface area contributed by atoms with Gasteiger partial charge in [0.05, 0.1) is 17.8 Å². The van der Waals surface area contributed by atoms with E-state index in [1.807, 2.05) is 24.4 Å². The van der Waals surface area contributed by atoms with Crippen LogP contribution >= 0.6 is 0 Å². The van der Waals surface area contributed by atoms with Gasteiger partial charge in [-0.3, -0.25) is 0 Å². The summed E-state index contributed by atoms with van der Waals surface area (Å²) in [5.41, 5.74) is 4.23. The molecule has 0 fully saturated rings. The van der Waals surface area contributed by atoms with Crippen LogP contribution in [0.3, 0.4) is 0 Å². The summed E-state index contributed by atoms with van der Waals surface area (Å²) in [7, 11) is 0. The van der Waals surface area contributed by atoms with Gasteiger partial charge in [0.25, 0.3) is 0 Å². The maximum Gasteiger partial charge on any atom is 0.129 e. The molecule has 4 heteroatoms. The van der Waals surface area contributed by atoms with E-state index >= 15 is 0 Å². The lowest BCUT2D eigenvalue weighted by Crippen LogP contribution is -2.23. The Labute approximate surface area is 159 Å². The molecule has 2 heterocycles. The molecule has 2 N–H and O–H groups in total. The van der Waals surface area contributed by atoms with Crippen LogP contribution in [0, 0.1) is 0 Å². The molecule has 0 aliphatic rings. The molecule has 0 aliphatic heterocycles. The largest absolute Gasteiger partial charge is 0.387 e. The van der Waals surface area contributed by atoms with E-state index in [0.717, 1.165) is 35.5 Å². The highest BCUT2D eigenvalue weighted by Crippen LogP contribution is 2.25. The first-order valence-electron chi connectivity index (χ1n) is 9.18. The van der Waals surface area contributed by atoms with Crippen LogP contribution < -0.4 is 4.90 Å². The van der Waals surface area contributed by atoms with Gasteiger partial charge in [-0.25, -0.2) is 4.98 Å². The number of aliphatic hydroxyl groups excluding tert-OH is 1. The normalized spacial score (nSPS) is 12.2. The van der Waals surface area contributed by atoms with Gasteiger partial charge in [-0.05, 0) is 30.2 Å². The van der Waals surface area contributed by atoms with Gasteiger partial charge in [0.2, 0.25) is 0 Å². The number of aromatic nitrogens is 2. The molecule has 4 aromatic rings. The first-order chi connectivity index (χ1) is 13.2. The van der Waals surface area contributed by atoms with E-state index in [-0.39, 0.29) is 0 Å². The predicted molar refractivity (Wildman–Crippen MR) is 109 cm³/mol. The number of nitrogens with zero attached hydrogens (tertiary/aromatic N) is 2. The molecule has 0 saturated carbocycles. The Hall–Kier alpha value is -3.11. The summed E-state index contributed by atoms with van der Waals surface area (Å²) >= 11 is 0. The number of nitrogens with one attached hydrogen (secondary N) is 1. The molecule has 0 radical (unpaired) electrons. The van der Waals surface area contributed by atoms with Crippen molar-refractivity contribution in [2.75, 3.05) is 4.90 Å². The lowest BCUT2D eigenvalue weighted by molar-refractivity contribution is 0.195. The Morgan fingerprint density at radius 1 is 0.926 bits per heavy atom. The monoisotopic (exact) mass is 357 g/mol. The number of benzene rings is 2. The van der Waals surface area contributed by atoms with Gasteiger partial charge in [-0.2, -0.15) is 0 Å². The van der Waals surface area contributed by atoms with Crippen molar-refractivity contribution in [3.8, 4) is 0 Å². The van der Waals surface area contributed by atoms with Crippen molar-refractivity contribution in [1.29, 1.82) is 0 Å². The van der Waals surface area contributed by atoms with Crippen molar-refractivity contribution >= 4 is 16.7 Å². The molecule has 136 valence electrons. The van der Waals surface area contributed by atoms with Crippen molar-refractivity contribution in [2.24, 2.45) is 0 Å². The molecule has 2 aromatic heterocycles. The van der Waals surface area contributed by atoms with Crippen LogP contribution in [0.25, 0.3) is 10.9 Å². The molecular formula is C23H23N3O. The number of anilines is 1. The highest BCUT2D eigenvalue weighted by Gasteiger charge is 2.13. The topological polar surface area (TPSA) is 52.1 Å². The second-order valence-corrected chi connectivity index (χ2v) is 6.86. The zero-order valence-electron chi connectivity index (χ0n) is 15.3. The van der Waals surface area contributed by atoms with Crippen LogP contribution in [0.1, 0.15) is 29.8 Å². The summed E-state index contributed by atoms with van der Waals surface area (Å²) < 4.78 is 0. The molecule has 4 rings (SSSR count). The Morgan fingerprint density at radius 3 is 2.07 bits per heavy atom. The fourth-order valence-electron chi connectivity index (χ4n) is 3.27. The van der Waals surface area contributed by atoms with Gasteiger partial charge >= 0.3 is 0 Å². The van der Waals surface area contributed by atoms with E-state index in [9.17, 15) is 5.11 Å². The summed E-state index contributed by atoms with van der Waals surface area (Å²) in [6.45, 7) is 3.32. The number of H-pyrrole nitrogens is 1. The lowest BCUT2D eigenvalue weighted by atomic mass is 10.1. The lowest BCUT2D eigenvalue weighted by Gasteiger charge is -2.24. The number of rotatable bonds is 6. The van der Waals surface area contributed by atoms with Gasteiger partial charge < -0.3 is 15.0 Å². The molecule has 1 unspecified atom stereocenters. The molecule has 4 nitrogen and oxygen atoms in total. The third kappa shape index (κ3) is 4.01. The molecule has 0 bridgehead atoms. The summed E-state index contributed by atoms with van der Waals surface area (Å²) in [4.78, 5) is 10.2. The van der Waals surface area contributed by atoms with Crippen LogP contribution in [0.15, 0.2) is 79.0 Å². The van der Waals surface area contributed by atoms with Crippen LogP contribution in [0.5, 0.6) is 0 Å². The number of pyridine rings is 1. The van der Waals surface area contributed by atoms with Crippen molar-refractivity contribution in [3.05, 3.63) is 95.8 Å². The number of fused-ring (bicyclic) bond motifs is 1. The van der Waals surface area contributed by atoms with Crippen LogP contribution in [0.2, 0.25) is 0 Å². The summed E-state index contributed by atoms with van der Waals surface area (Å²) in [5, 5.41) is 10.9. The second-order valence-electron chi connectivity index (χ2n) is 6.86. The van der Waals surface area contributed by atoms with Gasteiger partial charge in [-0.1, -0.05) is 60.7 Å². The molecule has 0 spiro atoms. The number of aliphatic hydroxyl groups is 1. The Morgan fingerprint density at radius 2 is 1.52 bits per heavy atom. The molecule has 0 saturated heterocycles. The van der Waals surface area contributed by atoms with E-state index in [1.165, 1.54) is 11.1 Å². The maximum atomic E-state index is 9.83. The third-order valence-corrected chi connectivity index (χ3v) is 4.72. The second kappa shape index (κ2) is 7.64. The molecular weight excluding hydrogens is 334 g/mol. The smallest absolute Gasteiger partial charge is 0.129 e. The minimum absolute atomic E-state index is 0.523. The Bertz CT molecular complexity index is 968. The van der Waals surface area contributed by atoms with E-state index in [0.29, 0.717) is 0 Å². The minimum Gasteiger partial charge on any atom is -0.387 e. The quantitative estimate of drug-likeness (QED) is 0.520. The molecule has 0 aliphatic carbocycles. The predicted octanol–water partition coefficient (Wildman–Crippen LogP) is 4.82. The van der Waals surface area contributed by atoms with Crippen LogP contribution in [0.4, 0.5) is 5.82 Å². The average molecular weight is 357 g/mol. The van der Waals surface area contributed by atoms with Gasteiger partial charge in [0.15, 0.2) is 0 Å². The highest BCUT2D eigenvalue weighted by molar-refractivity contribution is 5.82. The van der Waals surface area contributed by atoms with E-state index in [2.05, 4.69) is 69.5 Å². The fourth-order valence-corrected chi connectivity index (χ4v) is 3.27. The number of hydrogen-bond acceptors (Lipinski definition) is 3. The van der Waals surface area contributed by atoms with Gasteiger partial charge in [0, 0.05) is 24.2 Å². The molecule has 0 amide bonds. The van der Waals surface area contributed by atoms with E-state index < -0.39 is 6.10 Å². The molecule has 27 heavy (non-hydrogen) atoms. The highest BCUT2D eigenvalue weighted by atomic mass is 16.3. The zero-order chi connectivity index (χ0) is 18.6. The Balaban J connectivity index is 1.69. The summed E-state index contributed by atoms with van der Waals surface area (Å²) in [6.07, 6.45) is 1.32. The van der Waals surface area contributed by atoms with Crippen molar-refractivity contribution in [3.63, 3.8) is 0 Å². The van der Waals surface area contributed by atoms with Crippen molar-refractivity contribution < 1.29 is 5.11 Å². The number of aromatic amines is 1. The fraction of sp³-hybridized carbons (Fsp3) is 0.174. The minimum atomic E-state index is -0.523. The summed E-state index contributed by atoms with van der Waals surface area (Å²) in [6, 6.07) is 25.0. The van der Waals surface area contributed by atoms with Crippen molar-refractivity contribution in [2.45, 2.75) is 26.1 Å². The number of hydrogen-bond donors (Lipinski definition) is 2. The molecule has 1 atom stereocenters. The van der Waals surface area contributed by atoms with E-state index in [1.54, 1.807) is 6.92 Å². The van der Waals surface area contributed by atoms with E-state index in [4.69, 9.17) is 0 Å². The first kappa shape index (κ1) is 17.3. The summed E-state index contributed by atoms with van der Waals surface area (Å²) in [5.74, 6) is 0.923. The maximum absolute atomic E-state index is 9.83. The van der Waals surface area contributed by atoms with Crippen molar-refractivity contribution in [1.82, 2.24) is 9.97 Å². The van der Waals surface area contributed by atoms with Gasteiger partial charge in [0.1, 0.15) is 5.82 Å². The average Bonchev–Trinajstić information content (AvgIpc) is 3.13. The third-order valence-electron chi connectivity index (χ3n) is 4.72. The molecule has 2 aromatic carbocycles. The van der Waals surface area contributed by atoms with Crippen LogP contribution in [-0.4, -0.2) is 15.1 Å².